The molecule has 0 amide bonds. The first-order chi connectivity index (χ1) is 10.3. The number of rotatable bonds is 4. The first kappa shape index (κ1) is 13.2. The Hall–Kier alpha value is -2.76. The lowest BCUT2D eigenvalue weighted by Gasteiger charge is -2.12. The van der Waals surface area contributed by atoms with Crippen molar-refractivity contribution < 1.29 is 14.2 Å². The van der Waals surface area contributed by atoms with E-state index in [-0.39, 0.29) is 0 Å². The normalized spacial score (nSPS) is 10.6. The Kier molecular flexibility index (Phi) is 3.35. The molecule has 0 radical (unpaired) electrons. The molecule has 21 heavy (non-hydrogen) atoms. The molecule has 108 valence electrons. The molecule has 0 aliphatic heterocycles. The summed E-state index contributed by atoms with van der Waals surface area (Å²) in [5.41, 5.74) is 2.51. The maximum Gasteiger partial charge on any atom is 0.164 e. The van der Waals surface area contributed by atoms with E-state index in [1.54, 1.807) is 39.8 Å². The Labute approximate surface area is 121 Å². The van der Waals surface area contributed by atoms with E-state index in [9.17, 15) is 0 Å². The standard InChI is InChI=1S/C15H15N3O3/c1-19-12-7-14(21-3)13(20-2)6-9(12)15-17-10-4-5-16-8-11(10)18-15/h4-8H,1-3H3,(H,17,18). The summed E-state index contributed by atoms with van der Waals surface area (Å²) in [4.78, 5) is 11.8. The minimum absolute atomic E-state index is 0.607. The number of nitrogens with zero attached hydrogens (tertiary/aromatic N) is 2. The number of benzene rings is 1. The molecule has 2 heterocycles. The molecule has 2 aromatic heterocycles. The van der Waals surface area contributed by atoms with E-state index in [0.717, 1.165) is 16.6 Å². The van der Waals surface area contributed by atoms with Crippen LogP contribution in [0.2, 0.25) is 0 Å². The molecule has 0 spiro atoms. The highest BCUT2D eigenvalue weighted by Crippen LogP contribution is 2.39. The minimum atomic E-state index is 0.607. The predicted octanol–water partition coefficient (Wildman–Crippen LogP) is 2.65. The second-order valence-electron chi connectivity index (χ2n) is 4.39. The fraction of sp³-hybridized carbons (Fsp3) is 0.200. The van der Waals surface area contributed by atoms with E-state index in [2.05, 4.69) is 15.0 Å². The van der Waals surface area contributed by atoms with Gasteiger partial charge in [-0.1, -0.05) is 0 Å². The fourth-order valence-electron chi connectivity index (χ4n) is 2.20. The molecular weight excluding hydrogens is 270 g/mol. The van der Waals surface area contributed by atoms with Gasteiger partial charge < -0.3 is 19.2 Å². The average molecular weight is 285 g/mol. The summed E-state index contributed by atoms with van der Waals surface area (Å²) >= 11 is 0. The third-order valence-electron chi connectivity index (χ3n) is 3.25. The lowest BCUT2D eigenvalue weighted by atomic mass is 10.1. The summed E-state index contributed by atoms with van der Waals surface area (Å²) in [6.45, 7) is 0. The molecule has 0 fully saturated rings. The summed E-state index contributed by atoms with van der Waals surface area (Å²) in [6, 6.07) is 5.49. The van der Waals surface area contributed by atoms with Gasteiger partial charge in [-0.3, -0.25) is 4.98 Å². The topological polar surface area (TPSA) is 69.3 Å². The van der Waals surface area contributed by atoms with Crippen molar-refractivity contribution in [3.63, 3.8) is 0 Å². The Morgan fingerprint density at radius 1 is 0.952 bits per heavy atom. The van der Waals surface area contributed by atoms with Crippen LogP contribution in [0.5, 0.6) is 17.2 Å². The Bertz CT molecular complexity index is 750. The van der Waals surface area contributed by atoms with Gasteiger partial charge in [0.05, 0.1) is 38.6 Å². The average Bonchev–Trinajstić information content (AvgIpc) is 2.97. The third kappa shape index (κ3) is 2.24. The van der Waals surface area contributed by atoms with Crippen molar-refractivity contribution >= 4 is 11.0 Å². The fourth-order valence-corrected chi connectivity index (χ4v) is 2.20. The van der Waals surface area contributed by atoms with Gasteiger partial charge in [-0.25, -0.2) is 4.98 Å². The molecule has 0 atom stereocenters. The molecule has 0 unspecified atom stereocenters. The number of ether oxygens (including phenoxy) is 3. The van der Waals surface area contributed by atoms with Gasteiger partial charge in [0.1, 0.15) is 17.1 Å². The van der Waals surface area contributed by atoms with E-state index >= 15 is 0 Å². The first-order valence-electron chi connectivity index (χ1n) is 6.37. The number of fused-ring (bicyclic) bond motifs is 1. The van der Waals surface area contributed by atoms with E-state index in [1.165, 1.54) is 0 Å². The molecule has 0 aliphatic rings. The maximum atomic E-state index is 5.43. The van der Waals surface area contributed by atoms with Crippen LogP contribution in [-0.4, -0.2) is 36.3 Å². The van der Waals surface area contributed by atoms with Crippen LogP contribution in [0.25, 0.3) is 22.4 Å². The number of nitrogens with one attached hydrogen (secondary N) is 1. The summed E-state index contributed by atoms with van der Waals surface area (Å²) < 4.78 is 16.0. The van der Waals surface area contributed by atoms with Crippen molar-refractivity contribution in [2.45, 2.75) is 0 Å². The zero-order chi connectivity index (χ0) is 14.8. The highest BCUT2D eigenvalue weighted by atomic mass is 16.5. The maximum absolute atomic E-state index is 5.43. The van der Waals surface area contributed by atoms with Crippen molar-refractivity contribution in [3.05, 3.63) is 30.6 Å². The van der Waals surface area contributed by atoms with Gasteiger partial charge in [-0.2, -0.15) is 0 Å². The number of H-pyrrole nitrogens is 1. The van der Waals surface area contributed by atoms with Gasteiger partial charge in [0.2, 0.25) is 0 Å². The van der Waals surface area contributed by atoms with Crippen LogP contribution in [0.1, 0.15) is 0 Å². The second-order valence-corrected chi connectivity index (χ2v) is 4.39. The van der Waals surface area contributed by atoms with E-state index in [4.69, 9.17) is 14.2 Å². The quantitative estimate of drug-likeness (QED) is 0.798. The number of hydrogen-bond donors (Lipinski definition) is 1. The van der Waals surface area contributed by atoms with Crippen LogP contribution in [0.3, 0.4) is 0 Å². The summed E-state index contributed by atoms with van der Waals surface area (Å²) in [7, 11) is 4.79. The van der Waals surface area contributed by atoms with E-state index in [1.807, 2.05) is 12.1 Å². The molecule has 6 heteroatoms. The van der Waals surface area contributed by atoms with Crippen molar-refractivity contribution in [1.82, 2.24) is 15.0 Å². The highest BCUT2D eigenvalue weighted by molar-refractivity contribution is 5.80. The number of aromatic amines is 1. The monoisotopic (exact) mass is 285 g/mol. The summed E-state index contributed by atoms with van der Waals surface area (Å²) in [6.07, 6.45) is 3.43. The summed E-state index contributed by atoms with van der Waals surface area (Å²) in [5.74, 6) is 2.57. The molecule has 1 aromatic carbocycles. The molecule has 6 nitrogen and oxygen atoms in total. The Balaban J connectivity index is 2.20. The zero-order valence-corrected chi connectivity index (χ0v) is 12.0. The minimum Gasteiger partial charge on any atom is -0.496 e. The molecule has 3 aromatic rings. The molecule has 1 N–H and O–H groups in total. The molecular formula is C15H15N3O3. The smallest absolute Gasteiger partial charge is 0.164 e. The van der Waals surface area contributed by atoms with Gasteiger partial charge in [0.15, 0.2) is 11.5 Å². The number of aromatic nitrogens is 3. The summed E-state index contributed by atoms with van der Waals surface area (Å²) in [5, 5.41) is 0. The zero-order valence-electron chi connectivity index (χ0n) is 12.0. The van der Waals surface area contributed by atoms with Gasteiger partial charge >= 0.3 is 0 Å². The van der Waals surface area contributed by atoms with Gasteiger partial charge in [-0.15, -0.1) is 0 Å². The molecule has 0 bridgehead atoms. The largest absolute Gasteiger partial charge is 0.496 e. The lowest BCUT2D eigenvalue weighted by Crippen LogP contribution is -1.95. The van der Waals surface area contributed by atoms with Crippen molar-refractivity contribution in [2.75, 3.05) is 21.3 Å². The van der Waals surface area contributed by atoms with Crippen LogP contribution >= 0.6 is 0 Å². The number of hydrogen-bond acceptors (Lipinski definition) is 5. The predicted molar refractivity (Wildman–Crippen MR) is 79.0 cm³/mol. The molecule has 0 aliphatic carbocycles. The number of pyridine rings is 1. The molecule has 0 saturated carbocycles. The van der Waals surface area contributed by atoms with E-state index in [0.29, 0.717) is 23.1 Å². The van der Waals surface area contributed by atoms with Crippen molar-refractivity contribution in [3.8, 4) is 28.6 Å². The lowest BCUT2D eigenvalue weighted by molar-refractivity contribution is 0.349. The van der Waals surface area contributed by atoms with Gasteiger partial charge in [-0.05, 0) is 12.1 Å². The van der Waals surface area contributed by atoms with E-state index < -0.39 is 0 Å². The second kappa shape index (κ2) is 5.32. The van der Waals surface area contributed by atoms with Gasteiger partial charge in [0, 0.05) is 12.3 Å². The van der Waals surface area contributed by atoms with Crippen molar-refractivity contribution in [2.24, 2.45) is 0 Å². The highest BCUT2D eigenvalue weighted by Gasteiger charge is 2.16. The van der Waals surface area contributed by atoms with Crippen LogP contribution in [0.15, 0.2) is 30.6 Å². The Morgan fingerprint density at radius 3 is 2.33 bits per heavy atom. The molecule has 3 rings (SSSR count). The first-order valence-corrected chi connectivity index (χ1v) is 6.37. The van der Waals surface area contributed by atoms with Crippen LogP contribution < -0.4 is 14.2 Å². The van der Waals surface area contributed by atoms with Crippen LogP contribution in [-0.2, 0) is 0 Å². The van der Waals surface area contributed by atoms with Crippen LogP contribution in [0.4, 0.5) is 0 Å². The Morgan fingerprint density at radius 2 is 1.67 bits per heavy atom. The van der Waals surface area contributed by atoms with Crippen molar-refractivity contribution in [1.29, 1.82) is 0 Å². The third-order valence-corrected chi connectivity index (χ3v) is 3.25. The SMILES string of the molecule is COc1cc(OC)c(-c2nc3cnccc3[nH]2)cc1OC. The number of imidazole rings is 1. The number of methoxy groups -OCH3 is 3. The molecule has 0 saturated heterocycles. The van der Waals surface area contributed by atoms with Crippen LogP contribution in [0, 0.1) is 0 Å². The van der Waals surface area contributed by atoms with Gasteiger partial charge in [0.25, 0.3) is 0 Å².